The predicted molar refractivity (Wildman–Crippen MR) is 141 cm³/mol. The summed E-state index contributed by atoms with van der Waals surface area (Å²) in [6.07, 6.45) is 7.67. The molecule has 184 valence electrons. The number of benzene rings is 2. The topological polar surface area (TPSA) is 101 Å². The van der Waals surface area contributed by atoms with Crippen LogP contribution < -0.4 is 5.73 Å². The summed E-state index contributed by atoms with van der Waals surface area (Å²) in [6, 6.07) is 19.1. The lowest BCUT2D eigenvalue weighted by molar-refractivity contribution is -0.0691. The van der Waals surface area contributed by atoms with Crippen LogP contribution in [0.15, 0.2) is 79.3 Å². The van der Waals surface area contributed by atoms with Crippen molar-refractivity contribution in [1.82, 2.24) is 20.2 Å². The third-order valence-electron chi connectivity index (χ3n) is 8.06. The Morgan fingerprint density at radius 1 is 0.973 bits per heavy atom. The van der Waals surface area contributed by atoms with Gasteiger partial charge in [0.05, 0.1) is 28.7 Å². The van der Waals surface area contributed by atoms with Crippen LogP contribution in [-0.4, -0.2) is 36.9 Å². The van der Waals surface area contributed by atoms with Crippen molar-refractivity contribution in [3.8, 4) is 33.6 Å². The maximum absolute atomic E-state index is 15.0. The summed E-state index contributed by atoms with van der Waals surface area (Å²) >= 11 is 0. The van der Waals surface area contributed by atoms with Crippen LogP contribution in [0.2, 0.25) is 0 Å². The van der Waals surface area contributed by atoms with Crippen molar-refractivity contribution in [1.29, 1.82) is 0 Å². The second-order valence-electron chi connectivity index (χ2n) is 10.4. The fourth-order valence-corrected chi connectivity index (χ4v) is 5.89. The van der Waals surface area contributed by atoms with Crippen molar-refractivity contribution in [3.63, 3.8) is 0 Å². The lowest BCUT2D eigenvalue weighted by atomic mass is 9.65. The molecule has 2 saturated carbocycles. The summed E-state index contributed by atoms with van der Waals surface area (Å²) in [5, 5.41) is 18.5. The molecule has 7 rings (SSSR count). The van der Waals surface area contributed by atoms with E-state index in [0.29, 0.717) is 22.7 Å². The van der Waals surface area contributed by atoms with E-state index < -0.39 is 5.60 Å². The van der Waals surface area contributed by atoms with E-state index in [1.807, 2.05) is 30.3 Å². The van der Waals surface area contributed by atoms with Crippen LogP contribution in [0.1, 0.15) is 30.7 Å². The van der Waals surface area contributed by atoms with Crippen molar-refractivity contribution < 1.29 is 9.50 Å². The molecule has 2 aliphatic carbocycles. The number of rotatable bonds is 5. The highest BCUT2D eigenvalue weighted by Crippen LogP contribution is 2.55. The number of aromatic nitrogens is 4. The van der Waals surface area contributed by atoms with Crippen molar-refractivity contribution in [2.75, 3.05) is 0 Å². The van der Waals surface area contributed by atoms with Gasteiger partial charge in [-0.2, -0.15) is 5.10 Å². The number of aromatic amines is 1. The number of nitrogens with one attached hydrogen (secondary N) is 1. The fraction of sp³-hybridized carbons (Fsp3) is 0.233. The largest absolute Gasteiger partial charge is 0.389 e. The molecule has 4 N–H and O–H groups in total. The minimum absolute atomic E-state index is 0.147. The van der Waals surface area contributed by atoms with Gasteiger partial charge >= 0.3 is 0 Å². The lowest BCUT2D eigenvalue weighted by Crippen LogP contribution is -2.46. The summed E-state index contributed by atoms with van der Waals surface area (Å²) in [6.45, 7) is 0. The molecular formula is C30H26FN5O. The van der Waals surface area contributed by atoms with Crippen LogP contribution in [0.3, 0.4) is 0 Å². The molecule has 0 radical (unpaired) electrons. The predicted octanol–water partition coefficient (Wildman–Crippen LogP) is 5.45. The number of nitrogens with zero attached hydrogens (tertiary/aromatic N) is 3. The quantitative estimate of drug-likeness (QED) is 0.304. The minimum atomic E-state index is -0.610. The Labute approximate surface area is 213 Å². The van der Waals surface area contributed by atoms with Gasteiger partial charge in [-0.25, -0.2) is 9.37 Å². The molecule has 3 aromatic heterocycles. The van der Waals surface area contributed by atoms with Gasteiger partial charge in [-0.05, 0) is 48.9 Å². The van der Waals surface area contributed by atoms with Crippen molar-refractivity contribution in [3.05, 3.63) is 90.6 Å². The van der Waals surface area contributed by atoms with E-state index in [0.717, 1.165) is 47.0 Å². The number of fused-ring (bicyclic) bond motifs is 1. The summed E-state index contributed by atoms with van der Waals surface area (Å²) < 4.78 is 15.0. The lowest BCUT2D eigenvalue weighted by Gasteiger charge is -2.44. The number of halogens is 1. The second kappa shape index (κ2) is 8.30. The highest BCUT2D eigenvalue weighted by atomic mass is 19.1. The van der Waals surface area contributed by atoms with Crippen LogP contribution >= 0.6 is 0 Å². The van der Waals surface area contributed by atoms with E-state index in [1.54, 1.807) is 30.7 Å². The van der Waals surface area contributed by atoms with Crippen LogP contribution in [0.25, 0.3) is 44.5 Å². The first-order chi connectivity index (χ1) is 18.0. The molecule has 7 heteroatoms. The molecule has 0 bridgehead atoms. The maximum Gasteiger partial charge on any atom is 0.131 e. The van der Waals surface area contributed by atoms with Crippen molar-refractivity contribution in [2.45, 2.75) is 36.8 Å². The summed E-state index contributed by atoms with van der Waals surface area (Å²) in [5.41, 5.74) is 11.7. The maximum atomic E-state index is 15.0. The summed E-state index contributed by atoms with van der Waals surface area (Å²) in [7, 11) is 0. The first kappa shape index (κ1) is 22.3. The van der Waals surface area contributed by atoms with Gasteiger partial charge in [0.2, 0.25) is 0 Å². The first-order valence-corrected chi connectivity index (χ1v) is 12.6. The molecule has 0 amide bonds. The minimum Gasteiger partial charge on any atom is -0.389 e. The SMILES string of the molecule is NC1CC1C1(O)CC(c2ccc(-c3nc4ccnc(-c5cn[nH]c5)c4cc3-c3ccccc3F)cc2)C1. The molecule has 0 spiro atoms. The average Bonchev–Trinajstić information content (AvgIpc) is 3.40. The van der Waals surface area contributed by atoms with Crippen LogP contribution in [-0.2, 0) is 0 Å². The Hall–Kier alpha value is -3.94. The number of hydrogen-bond donors (Lipinski definition) is 3. The number of hydrogen-bond acceptors (Lipinski definition) is 5. The van der Waals surface area contributed by atoms with E-state index in [1.165, 1.54) is 11.6 Å². The van der Waals surface area contributed by atoms with Crippen LogP contribution in [0.5, 0.6) is 0 Å². The van der Waals surface area contributed by atoms with E-state index in [2.05, 4.69) is 27.3 Å². The van der Waals surface area contributed by atoms with E-state index >= 15 is 4.39 Å². The Morgan fingerprint density at radius 3 is 2.46 bits per heavy atom. The van der Waals surface area contributed by atoms with Gasteiger partial charge in [0.1, 0.15) is 5.82 Å². The standard InChI is InChI=1S/C30H26FN5O/c31-25-4-2-1-3-21(25)22-11-23-27(9-10-33-28(23)20-15-34-35-16-20)36-29(22)18-7-5-17(6-8-18)19-13-30(37,14-19)24-12-26(24)32/h1-11,15-16,19,24,26,37H,12-14,32H2,(H,34,35). The molecule has 37 heavy (non-hydrogen) atoms. The summed E-state index contributed by atoms with van der Waals surface area (Å²) in [5.74, 6) is 0.267. The van der Waals surface area contributed by atoms with Crippen molar-refractivity contribution in [2.24, 2.45) is 11.7 Å². The van der Waals surface area contributed by atoms with Crippen molar-refractivity contribution >= 4 is 10.9 Å². The zero-order valence-corrected chi connectivity index (χ0v) is 20.1. The molecular weight excluding hydrogens is 465 g/mol. The van der Waals surface area contributed by atoms with Gasteiger partial charge in [0.25, 0.3) is 0 Å². The van der Waals surface area contributed by atoms with Gasteiger partial charge in [0, 0.05) is 52.0 Å². The van der Waals surface area contributed by atoms with Gasteiger partial charge in [-0.3, -0.25) is 10.1 Å². The molecule has 6 nitrogen and oxygen atoms in total. The molecule has 0 aliphatic heterocycles. The highest BCUT2D eigenvalue weighted by molar-refractivity contribution is 5.98. The Bertz CT molecular complexity index is 1610. The van der Waals surface area contributed by atoms with E-state index in [-0.39, 0.29) is 17.8 Å². The fourth-order valence-electron chi connectivity index (χ4n) is 5.89. The molecule has 2 aliphatic rings. The molecule has 5 aromatic rings. The molecule has 2 fully saturated rings. The third kappa shape index (κ3) is 3.74. The number of H-pyrrole nitrogens is 1. The molecule has 2 unspecified atom stereocenters. The monoisotopic (exact) mass is 491 g/mol. The van der Waals surface area contributed by atoms with Gasteiger partial charge < -0.3 is 10.8 Å². The van der Waals surface area contributed by atoms with E-state index in [4.69, 9.17) is 10.7 Å². The Morgan fingerprint density at radius 2 is 1.76 bits per heavy atom. The molecule has 3 heterocycles. The summed E-state index contributed by atoms with van der Waals surface area (Å²) in [4.78, 5) is 9.58. The average molecular weight is 492 g/mol. The van der Waals surface area contributed by atoms with Crippen LogP contribution in [0.4, 0.5) is 4.39 Å². The number of nitrogens with two attached hydrogens (primary N) is 1. The molecule has 2 aromatic carbocycles. The Balaban J connectivity index is 1.31. The van der Waals surface area contributed by atoms with Gasteiger partial charge in [-0.15, -0.1) is 0 Å². The smallest absolute Gasteiger partial charge is 0.131 e. The Kier molecular flexibility index (Phi) is 4.99. The molecule has 0 saturated heterocycles. The number of pyridine rings is 2. The third-order valence-corrected chi connectivity index (χ3v) is 8.06. The van der Waals surface area contributed by atoms with Crippen LogP contribution in [0, 0.1) is 11.7 Å². The zero-order valence-electron chi connectivity index (χ0n) is 20.1. The highest BCUT2D eigenvalue weighted by Gasteiger charge is 2.56. The van der Waals surface area contributed by atoms with E-state index in [9.17, 15) is 5.11 Å². The van der Waals surface area contributed by atoms with Gasteiger partial charge in [0.15, 0.2) is 0 Å². The normalized spacial score (nSPS) is 24.7. The number of aliphatic hydroxyl groups is 1. The first-order valence-electron chi connectivity index (χ1n) is 12.6. The molecule has 2 atom stereocenters. The zero-order chi connectivity index (χ0) is 25.1. The van der Waals surface area contributed by atoms with Gasteiger partial charge in [-0.1, -0.05) is 42.5 Å². The second-order valence-corrected chi connectivity index (χ2v) is 10.4.